The summed E-state index contributed by atoms with van der Waals surface area (Å²) in [7, 11) is 0. The molecular formula is C18H13Br. The number of hydrogen-bond donors (Lipinski definition) is 0. The van der Waals surface area contributed by atoms with Gasteiger partial charge in [0.2, 0.25) is 0 Å². The average molecular weight is 309 g/mol. The lowest BCUT2D eigenvalue weighted by Gasteiger charge is -2.11. The van der Waals surface area contributed by atoms with E-state index >= 15 is 0 Å². The van der Waals surface area contributed by atoms with Crippen LogP contribution in [0.4, 0.5) is 0 Å². The first-order valence-electron chi connectivity index (χ1n) is 6.25. The van der Waals surface area contributed by atoms with Gasteiger partial charge in [0.05, 0.1) is 0 Å². The minimum atomic E-state index is 1.10. The molecule has 0 spiro atoms. The topological polar surface area (TPSA) is 0 Å². The van der Waals surface area contributed by atoms with E-state index in [1.807, 2.05) is 12.1 Å². The second-order valence-corrected chi connectivity index (χ2v) is 5.34. The van der Waals surface area contributed by atoms with E-state index in [0.717, 1.165) is 4.47 Å². The molecule has 0 heterocycles. The van der Waals surface area contributed by atoms with Crippen LogP contribution in [0.2, 0.25) is 0 Å². The van der Waals surface area contributed by atoms with Crippen LogP contribution in [0.5, 0.6) is 0 Å². The first-order chi connectivity index (χ1) is 9.34. The van der Waals surface area contributed by atoms with Crippen molar-refractivity contribution < 1.29 is 0 Å². The van der Waals surface area contributed by atoms with Gasteiger partial charge in [-0.3, -0.25) is 0 Å². The van der Waals surface area contributed by atoms with Gasteiger partial charge >= 0.3 is 0 Å². The Kier molecular flexibility index (Phi) is 3.47. The van der Waals surface area contributed by atoms with Crippen molar-refractivity contribution in [3.63, 3.8) is 0 Å². The first kappa shape index (κ1) is 12.2. The number of hydrogen-bond acceptors (Lipinski definition) is 0. The zero-order chi connectivity index (χ0) is 13.1. The molecule has 19 heavy (non-hydrogen) atoms. The maximum Gasteiger partial charge on any atom is 0.0181 e. The second kappa shape index (κ2) is 5.41. The van der Waals surface area contributed by atoms with E-state index in [4.69, 9.17) is 0 Å². The van der Waals surface area contributed by atoms with Gasteiger partial charge in [-0.2, -0.15) is 0 Å². The van der Waals surface area contributed by atoms with Crippen molar-refractivity contribution in [3.05, 3.63) is 83.3 Å². The van der Waals surface area contributed by atoms with Crippen LogP contribution in [0.1, 0.15) is 0 Å². The van der Waals surface area contributed by atoms with Crippen molar-refractivity contribution in [1.29, 1.82) is 0 Å². The standard InChI is InChI=1S/C18H13Br/c19-16-11-12-17(14-7-3-1-4-8-14)18(13-16)15-9-5-2-6-10-15/h1-13H. The van der Waals surface area contributed by atoms with Gasteiger partial charge in [-0.25, -0.2) is 0 Å². The Bertz CT molecular complexity index is 673. The molecule has 3 aromatic carbocycles. The number of rotatable bonds is 2. The average Bonchev–Trinajstić information content (AvgIpc) is 2.49. The Balaban J connectivity index is 2.21. The van der Waals surface area contributed by atoms with Crippen molar-refractivity contribution in [1.82, 2.24) is 0 Å². The predicted molar refractivity (Wildman–Crippen MR) is 85.0 cm³/mol. The summed E-state index contributed by atoms with van der Waals surface area (Å²) in [5, 5.41) is 0. The summed E-state index contributed by atoms with van der Waals surface area (Å²) in [5.41, 5.74) is 4.99. The highest BCUT2D eigenvalue weighted by atomic mass is 79.9. The van der Waals surface area contributed by atoms with E-state index in [0.29, 0.717) is 0 Å². The molecule has 0 amide bonds. The Morgan fingerprint density at radius 1 is 0.526 bits per heavy atom. The summed E-state index contributed by atoms with van der Waals surface area (Å²) in [5.74, 6) is 0. The number of halogens is 1. The van der Waals surface area contributed by atoms with Gasteiger partial charge in [0.15, 0.2) is 0 Å². The van der Waals surface area contributed by atoms with Crippen LogP contribution in [-0.4, -0.2) is 0 Å². The monoisotopic (exact) mass is 308 g/mol. The van der Waals surface area contributed by atoms with Gasteiger partial charge in [-0.1, -0.05) is 82.7 Å². The molecule has 3 aromatic rings. The lowest BCUT2D eigenvalue weighted by atomic mass is 9.95. The van der Waals surface area contributed by atoms with Crippen molar-refractivity contribution in [2.75, 3.05) is 0 Å². The Morgan fingerprint density at radius 3 is 1.63 bits per heavy atom. The predicted octanol–water partition coefficient (Wildman–Crippen LogP) is 5.78. The zero-order valence-electron chi connectivity index (χ0n) is 10.4. The summed E-state index contributed by atoms with van der Waals surface area (Å²) in [6, 6.07) is 27.4. The fraction of sp³-hybridized carbons (Fsp3) is 0. The second-order valence-electron chi connectivity index (χ2n) is 4.42. The highest BCUT2D eigenvalue weighted by Crippen LogP contribution is 2.34. The molecule has 0 nitrogen and oxygen atoms in total. The molecule has 3 rings (SSSR count). The molecule has 0 radical (unpaired) electrons. The third-order valence-corrected chi connectivity index (χ3v) is 3.64. The van der Waals surface area contributed by atoms with Crippen molar-refractivity contribution in [2.45, 2.75) is 0 Å². The van der Waals surface area contributed by atoms with Gasteiger partial charge in [0.1, 0.15) is 0 Å². The van der Waals surface area contributed by atoms with Crippen LogP contribution in [0.3, 0.4) is 0 Å². The minimum absolute atomic E-state index is 1.10. The third-order valence-electron chi connectivity index (χ3n) is 3.15. The largest absolute Gasteiger partial charge is 0.0622 e. The molecule has 0 unspecified atom stereocenters. The molecule has 0 aromatic heterocycles. The fourth-order valence-corrected chi connectivity index (χ4v) is 2.60. The maximum absolute atomic E-state index is 3.57. The molecular weight excluding hydrogens is 296 g/mol. The van der Waals surface area contributed by atoms with Gasteiger partial charge in [0, 0.05) is 4.47 Å². The molecule has 0 N–H and O–H groups in total. The van der Waals surface area contributed by atoms with Crippen LogP contribution in [-0.2, 0) is 0 Å². The quantitative estimate of drug-likeness (QED) is 0.562. The molecule has 1 heteroatoms. The molecule has 0 fully saturated rings. The van der Waals surface area contributed by atoms with E-state index in [9.17, 15) is 0 Å². The van der Waals surface area contributed by atoms with E-state index in [1.165, 1.54) is 22.3 Å². The molecule has 0 atom stereocenters. The molecule has 0 saturated carbocycles. The maximum atomic E-state index is 3.57. The summed E-state index contributed by atoms with van der Waals surface area (Å²) < 4.78 is 1.10. The van der Waals surface area contributed by atoms with E-state index in [2.05, 4.69) is 82.7 Å². The van der Waals surface area contributed by atoms with Crippen LogP contribution in [0, 0.1) is 0 Å². The molecule has 92 valence electrons. The zero-order valence-corrected chi connectivity index (χ0v) is 12.0. The SMILES string of the molecule is Brc1ccc(-c2ccccc2)c(-c2ccccc2)c1. The normalized spacial score (nSPS) is 10.4. The lowest BCUT2D eigenvalue weighted by molar-refractivity contribution is 1.56. The molecule has 0 bridgehead atoms. The van der Waals surface area contributed by atoms with Gasteiger partial charge in [0.25, 0.3) is 0 Å². The molecule has 0 saturated heterocycles. The molecule has 0 aliphatic rings. The first-order valence-corrected chi connectivity index (χ1v) is 7.04. The Labute approximate surface area is 121 Å². The summed E-state index contributed by atoms with van der Waals surface area (Å²) >= 11 is 3.57. The van der Waals surface area contributed by atoms with Crippen molar-refractivity contribution in [3.8, 4) is 22.3 Å². The summed E-state index contributed by atoms with van der Waals surface area (Å²) in [4.78, 5) is 0. The minimum Gasteiger partial charge on any atom is -0.0622 e. The highest BCUT2D eigenvalue weighted by Gasteiger charge is 2.07. The van der Waals surface area contributed by atoms with E-state index < -0.39 is 0 Å². The van der Waals surface area contributed by atoms with Crippen molar-refractivity contribution >= 4 is 15.9 Å². The van der Waals surface area contributed by atoms with Crippen LogP contribution < -0.4 is 0 Å². The fourth-order valence-electron chi connectivity index (χ4n) is 2.24. The summed E-state index contributed by atoms with van der Waals surface area (Å²) in [6.07, 6.45) is 0. The van der Waals surface area contributed by atoms with Gasteiger partial charge in [-0.15, -0.1) is 0 Å². The summed E-state index contributed by atoms with van der Waals surface area (Å²) in [6.45, 7) is 0. The van der Waals surface area contributed by atoms with E-state index in [1.54, 1.807) is 0 Å². The lowest BCUT2D eigenvalue weighted by Crippen LogP contribution is -1.85. The van der Waals surface area contributed by atoms with E-state index in [-0.39, 0.29) is 0 Å². The third kappa shape index (κ3) is 2.61. The Morgan fingerprint density at radius 2 is 1.05 bits per heavy atom. The van der Waals surface area contributed by atoms with Gasteiger partial charge < -0.3 is 0 Å². The van der Waals surface area contributed by atoms with Gasteiger partial charge in [-0.05, 0) is 34.4 Å². The highest BCUT2D eigenvalue weighted by molar-refractivity contribution is 9.10. The molecule has 0 aliphatic heterocycles. The molecule has 0 aliphatic carbocycles. The smallest absolute Gasteiger partial charge is 0.0181 e. The van der Waals surface area contributed by atoms with Crippen molar-refractivity contribution in [2.24, 2.45) is 0 Å². The number of benzene rings is 3. The van der Waals surface area contributed by atoms with Crippen LogP contribution in [0.25, 0.3) is 22.3 Å². The van der Waals surface area contributed by atoms with Crippen LogP contribution in [0.15, 0.2) is 83.3 Å². The van der Waals surface area contributed by atoms with Crippen LogP contribution >= 0.6 is 15.9 Å². The Hall–Kier alpha value is -1.86.